The number of allylic oxidation sites excluding steroid dienone is 2. The van der Waals surface area contributed by atoms with Gasteiger partial charge in [-0.15, -0.1) is 18.3 Å². The normalized spacial score (nSPS) is 22.5. The van der Waals surface area contributed by atoms with Gasteiger partial charge in [0.05, 0.1) is 17.3 Å². The molecule has 1 aliphatic carbocycles. The summed E-state index contributed by atoms with van der Waals surface area (Å²) in [6, 6.07) is 15.0. The summed E-state index contributed by atoms with van der Waals surface area (Å²) >= 11 is 1.75. The molecule has 0 bridgehead atoms. The molecule has 2 aliphatic rings. The molecule has 1 heterocycles. The topological polar surface area (TPSA) is 41.1 Å². The molecule has 0 radical (unpaired) electrons. The van der Waals surface area contributed by atoms with Crippen LogP contribution >= 0.6 is 11.8 Å². The molecule has 2 aromatic carbocycles. The molecule has 0 aromatic heterocycles. The van der Waals surface area contributed by atoms with Gasteiger partial charge in [0.1, 0.15) is 0 Å². The Morgan fingerprint density at radius 2 is 2.11 bits per heavy atom. The predicted octanol–water partition coefficient (Wildman–Crippen LogP) is 5.15. The van der Waals surface area contributed by atoms with Crippen LogP contribution in [0.1, 0.15) is 39.9 Å². The average Bonchev–Trinajstić information content (AvgIpc) is 3.21. The fourth-order valence-electron chi connectivity index (χ4n) is 4.21. The van der Waals surface area contributed by atoms with E-state index in [-0.39, 0.29) is 11.9 Å². The van der Waals surface area contributed by atoms with Gasteiger partial charge in [-0.1, -0.05) is 42.5 Å². The first-order valence-corrected chi connectivity index (χ1v) is 10.5. The van der Waals surface area contributed by atoms with Gasteiger partial charge in [-0.05, 0) is 47.9 Å². The molecule has 4 heteroatoms. The monoisotopic (exact) mass is 376 g/mol. The Hall–Kier alpha value is -2.46. The van der Waals surface area contributed by atoms with Crippen molar-refractivity contribution in [1.82, 2.24) is 5.32 Å². The molecule has 0 saturated carbocycles. The molecule has 4 rings (SSSR count). The van der Waals surface area contributed by atoms with Gasteiger partial charge >= 0.3 is 0 Å². The Kier molecular flexibility index (Phi) is 5.08. The molecule has 3 nitrogen and oxygen atoms in total. The minimum Gasteiger partial charge on any atom is -0.377 e. The van der Waals surface area contributed by atoms with E-state index in [1.54, 1.807) is 17.8 Å². The summed E-state index contributed by atoms with van der Waals surface area (Å²) in [6.45, 7) is 4.15. The highest BCUT2D eigenvalue weighted by Gasteiger charge is 2.39. The van der Waals surface area contributed by atoms with Crippen LogP contribution in [0.15, 0.2) is 72.2 Å². The summed E-state index contributed by atoms with van der Waals surface area (Å²) in [5, 5.41) is 6.62. The first-order valence-electron chi connectivity index (χ1n) is 9.32. The second-order valence-corrected chi connectivity index (χ2v) is 7.90. The SMILES string of the molecule is C=CCNC(=O)c1cccc2c1NC(c1ccc(SC)cc1)C1CC=CC21. The van der Waals surface area contributed by atoms with E-state index in [0.717, 1.165) is 12.1 Å². The zero-order valence-corrected chi connectivity index (χ0v) is 16.3. The molecular weight excluding hydrogens is 352 g/mol. The average molecular weight is 377 g/mol. The number of carbonyl (C=O) groups is 1. The second-order valence-electron chi connectivity index (χ2n) is 7.02. The van der Waals surface area contributed by atoms with Crippen molar-refractivity contribution in [3.05, 3.63) is 84.0 Å². The predicted molar refractivity (Wildman–Crippen MR) is 114 cm³/mol. The van der Waals surface area contributed by atoms with Crippen molar-refractivity contribution in [2.24, 2.45) is 5.92 Å². The van der Waals surface area contributed by atoms with E-state index in [0.29, 0.717) is 23.9 Å². The van der Waals surface area contributed by atoms with Gasteiger partial charge in [0.25, 0.3) is 5.91 Å². The van der Waals surface area contributed by atoms with Crippen molar-refractivity contribution >= 4 is 23.4 Å². The third-order valence-electron chi connectivity index (χ3n) is 5.52. The Morgan fingerprint density at radius 1 is 1.30 bits per heavy atom. The lowest BCUT2D eigenvalue weighted by Crippen LogP contribution is -2.32. The molecule has 2 N–H and O–H groups in total. The summed E-state index contributed by atoms with van der Waals surface area (Å²) in [4.78, 5) is 13.9. The van der Waals surface area contributed by atoms with Gasteiger partial charge in [-0.25, -0.2) is 0 Å². The smallest absolute Gasteiger partial charge is 0.253 e. The van der Waals surface area contributed by atoms with Crippen molar-refractivity contribution in [2.45, 2.75) is 23.3 Å². The van der Waals surface area contributed by atoms with Crippen LogP contribution in [0.3, 0.4) is 0 Å². The Balaban J connectivity index is 1.73. The van der Waals surface area contributed by atoms with E-state index >= 15 is 0 Å². The van der Waals surface area contributed by atoms with Crippen LogP contribution in [0.4, 0.5) is 5.69 Å². The molecule has 3 unspecified atom stereocenters. The molecule has 0 fully saturated rings. The van der Waals surface area contributed by atoms with Crippen LogP contribution in [0, 0.1) is 5.92 Å². The first kappa shape index (κ1) is 17.9. The van der Waals surface area contributed by atoms with E-state index in [4.69, 9.17) is 0 Å². The lowest BCUT2D eigenvalue weighted by Gasteiger charge is -2.38. The van der Waals surface area contributed by atoms with Gasteiger partial charge < -0.3 is 10.6 Å². The van der Waals surface area contributed by atoms with Gasteiger partial charge in [0, 0.05) is 17.4 Å². The quantitative estimate of drug-likeness (QED) is 0.560. The lowest BCUT2D eigenvalue weighted by molar-refractivity contribution is 0.0958. The minimum absolute atomic E-state index is 0.0591. The van der Waals surface area contributed by atoms with Crippen molar-refractivity contribution in [1.29, 1.82) is 0 Å². The number of hydrogen-bond donors (Lipinski definition) is 2. The zero-order chi connectivity index (χ0) is 18.8. The third kappa shape index (κ3) is 3.30. The summed E-state index contributed by atoms with van der Waals surface area (Å²) in [6.07, 6.45) is 9.43. The number of rotatable bonds is 5. The highest BCUT2D eigenvalue weighted by atomic mass is 32.2. The highest BCUT2D eigenvalue weighted by Crippen LogP contribution is 2.50. The number of benzene rings is 2. The first-order chi connectivity index (χ1) is 13.2. The molecule has 1 aliphatic heterocycles. The fourth-order valence-corrected chi connectivity index (χ4v) is 4.62. The van der Waals surface area contributed by atoms with Gasteiger partial charge in [0.15, 0.2) is 0 Å². The number of anilines is 1. The van der Waals surface area contributed by atoms with E-state index in [1.165, 1.54) is 16.0 Å². The summed E-state index contributed by atoms with van der Waals surface area (Å²) in [5.41, 5.74) is 4.17. The van der Waals surface area contributed by atoms with Gasteiger partial charge in [-0.3, -0.25) is 4.79 Å². The standard InChI is InChI=1S/C23H24N2OS/c1-3-14-24-23(26)20-9-5-8-19-17-6-4-7-18(17)21(25-22(19)20)15-10-12-16(27-2)13-11-15/h3-6,8-13,17-18,21,25H,1,7,14H2,2H3,(H,24,26). The number of para-hydroxylation sites is 1. The number of nitrogens with one attached hydrogen (secondary N) is 2. The molecule has 0 spiro atoms. The molecule has 1 amide bonds. The van der Waals surface area contributed by atoms with Gasteiger partial charge in [0.2, 0.25) is 0 Å². The van der Waals surface area contributed by atoms with Crippen LogP contribution in [0.2, 0.25) is 0 Å². The summed E-state index contributed by atoms with van der Waals surface area (Å²) in [5.74, 6) is 0.763. The largest absolute Gasteiger partial charge is 0.377 e. The van der Waals surface area contributed by atoms with Gasteiger partial charge in [-0.2, -0.15) is 0 Å². The Morgan fingerprint density at radius 3 is 2.85 bits per heavy atom. The van der Waals surface area contributed by atoms with Crippen LogP contribution in [0.5, 0.6) is 0 Å². The maximum Gasteiger partial charge on any atom is 0.253 e. The lowest BCUT2D eigenvalue weighted by atomic mass is 9.76. The summed E-state index contributed by atoms with van der Waals surface area (Å²) in [7, 11) is 0. The van der Waals surface area contributed by atoms with E-state index in [1.807, 2.05) is 12.1 Å². The van der Waals surface area contributed by atoms with Crippen molar-refractivity contribution in [3.8, 4) is 0 Å². The van der Waals surface area contributed by atoms with Crippen LogP contribution in [-0.2, 0) is 0 Å². The van der Waals surface area contributed by atoms with Crippen LogP contribution in [-0.4, -0.2) is 18.7 Å². The molecule has 0 saturated heterocycles. The fraction of sp³-hybridized carbons (Fsp3) is 0.261. The zero-order valence-electron chi connectivity index (χ0n) is 15.4. The number of amides is 1. The molecular formula is C23H24N2OS. The minimum atomic E-state index is -0.0591. The van der Waals surface area contributed by atoms with E-state index in [9.17, 15) is 4.79 Å². The Labute approximate surface area is 164 Å². The van der Waals surface area contributed by atoms with E-state index in [2.05, 4.69) is 66.0 Å². The Bertz CT molecular complexity index is 888. The van der Waals surface area contributed by atoms with Crippen molar-refractivity contribution in [2.75, 3.05) is 18.1 Å². The van der Waals surface area contributed by atoms with Crippen molar-refractivity contribution in [3.63, 3.8) is 0 Å². The van der Waals surface area contributed by atoms with Crippen LogP contribution in [0.25, 0.3) is 0 Å². The third-order valence-corrected chi connectivity index (χ3v) is 6.27. The van der Waals surface area contributed by atoms with E-state index < -0.39 is 0 Å². The number of carbonyl (C=O) groups excluding carboxylic acids is 1. The number of hydrogen-bond acceptors (Lipinski definition) is 3. The molecule has 27 heavy (non-hydrogen) atoms. The highest BCUT2D eigenvalue weighted by molar-refractivity contribution is 7.98. The summed E-state index contributed by atoms with van der Waals surface area (Å²) < 4.78 is 0. The maximum absolute atomic E-state index is 12.7. The number of thioether (sulfide) groups is 1. The molecule has 2 aromatic rings. The van der Waals surface area contributed by atoms with Crippen molar-refractivity contribution < 1.29 is 4.79 Å². The van der Waals surface area contributed by atoms with Crippen LogP contribution < -0.4 is 10.6 Å². The number of fused-ring (bicyclic) bond motifs is 3. The second kappa shape index (κ2) is 7.65. The molecule has 3 atom stereocenters. The molecule has 138 valence electrons. The maximum atomic E-state index is 12.7.